The van der Waals surface area contributed by atoms with Gasteiger partial charge in [0.15, 0.2) is 5.82 Å². The molecule has 4 nitrogen and oxygen atoms in total. The first-order valence-electron chi connectivity index (χ1n) is 5.36. The van der Waals surface area contributed by atoms with E-state index in [4.69, 9.17) is 0 Å². The molecule has 0 saturated carbocycles. The summed E-state index contributed by atoms with van der Waals surface area (Å²) in [5.74, 6) is 0.608. The predicted molar refractivity (Wildman–Crippen MR) is 67.3 cm³/mol. The van der Waals surface area contributed by atoms with Crippen molar-refractivity contribution < 1.29 is 4.39 Å². The van der Waals surface area contributed by atoms with Gasteiger partial charge in [-0.3, -0.25) is 0 Å². The van der Waals surface area contributed by atoms with Gasteiger partial charge in [0.25, 0.3) is 0 Å². The van der Waals surface area contributed by atoms with Crippen molar-refractivity contribution in [2.45, 2.75) is 6.67 Å². The molecule has 0 aliphatic rings. The fourth-order valence-corrected chi connectivity index (χ4v) is 2.17. The highest BCUT2D eigenvalue weighted by Gasteiger charge is 2.12. The number of aromatic nitrogens is 4. The van der Waals surface area contributed by atoms with E-state index < -0.39 is 6.67 Å². The van der Waals surface area contributed by atoms with Crippen LogP contribution in [0.4, 0.5) is 4.39 Å². The third-order valence-corrected chi connectivity index (χ3v) is 3.08. The van der Waals surface area contributed by atoms with Gasteiger partial charge in [0.1, 0.15) is 12.4 Å². The van der Waals surface area contributed by atoms with Crippen LogP contribution < -0.4 is 0 Å². The van der Waals surface area contributed by atoms with Crippen molar-refractivity contribution in [1.29, 1.82) is 0 Å². The molecule has 2 heterocycles. The average molecular weight is 260 g/mol. The molecule has 0 bridgehead atoms. The number of hydrogen-bond acceptors (Lipinski definition) is 4. The monoisotopic (exact) mass is 260 g/mol. The van der Waals surface area contributed by atoms with Crippen LogP contribution in [0, 0.1) is 0 Å². The fraction of sp³-hybridized carbons (Fsp3) is 0.0833. The molecular weight excluding hydrogens is 251 g/mol. The van der Waals surface area contributed by atoms with Gasteiger partial charge in [-0.2, -0.15) is 5.10 Å². The minimum Gasteiger partial charge on any atom is -0.244 e. The van der Waals surface area contributed by atoms with Gasteiger partial charge < -0.3 is 0 Å². The molecule has 0 aliphatic heterocycles. The first-order valence-corrected chi connectivity index (χ1v) is 6.19. The molecule has 0 atom stereocenters. The SMILES string of the molecule is FCc1nn(-c2csnn2)cc1-c1ccccc1. The Balaban J connectivity index is 2.10. The van der Waals surface area contributed by atoms with E-state index >= 15 is 0 Å². The molecule has 0 unspecified atom stereocenters. The maximum Gasteiger partial charge on any atom is 0.188 e. The molecule has 0 aliphatic carbocycles. The van der Waals surface area contributed by atoms with Gasteiger partial charge in [-0.05, 0) is 17.1 Å². The Morgan fingerprint density at radius 3 is 2.72 bits per heavy atom. The van der Waals surface area contributed by atoms with Crippen molar-refractivity contribution in [2.75, 3.05) is 0 Å². The topological polar surface area (TPSA) is 43.6 Å². The first-order chi connectivity index (χ1) is 8.88. The molecule has 3 rings (SSSR count). The number of hydrogen-bond donors (Lipinski definition) is 0. The molecule has 3 aromatic rings. The predicted octanol–water partition coefficient (Wildman–Crippen LogP) is 2.86. The fourth-order valence-electron chi connectivity index (χ4n) is 1.74. The van der Waals surface area contributed by atoms with Crippen molar-refractivity contribution in [3.63, 3.8) is 0 Å². The molecule has 0 amide bonds. The first kappa shape index (κ1) is 11.0. The Morgan fingerprint density at radius 2 is 2.06 bits per heavy atom. The van der Waals surface area contributed by atoms with Crippen LogP contribution in [-0.2, 0) is 6.67 Å². The summed E-state index contributed by atoms with van der Waals surface area (Å²) in [6, 6.07) is 9.62. The lowest BCUT2D eigenvalue weighted by Crippen LogP contribution is -1.95. The zero-order valence-corrected chi connectivity index (χ0v) is 10.1. The molecule has 1 aromatic carbocycles. The van der Waals surface area contributed by atoms with Gasteiger partial charge in [0.05, 0.1) is 5.38 Å². The molecule has 2 aromatic heterocycles. The highest BCUT2D eigenvalue weighted by atomic mass is 32.1. The Kier molecular flexibility index (Phi) is 2.85. The minimum atomic E-state index is -0.602. The third-order valence-electron chi connectivity index (χ3n) is 2.59. The second-order valence-electron chi connectivity index (χ2n) is 3.70. The van der Waals surface area contributed by atoms with Crippen LogP contribution in [0.25, 0.3) is 16.9 Å². The molecule has 90 valence electrons. The van der Waals surface area contributed by atoms with Gasteiger partial charge in [0, 0.05) is 11.8 Å². The van der Waals surface area contributed by atoms with Crippen LogP contribution in [0.5, 0.6) is 0 Å². The lowest BCUT2D eigenvalue weighted by molar-refractivity contribution is 0.474. The summed E-state index contributed by atoms with van der Waals surface area (Å²) >= 11 is 1.24. The van der Waals surface area contributed by atoms with Gasteiger partial charge >= 0.3 is 0 Å². The number of rotatable bonds is 3. The number of benzene rings is 1. The highest BCUT2D eigenvalue weighted by Crippen LogP contribution is 2.24. The maximum atomic E-state index is 13.0. The second-order valence-corrected chi connectivity index (χ2v) is 4.31. The van der Waals surface area contributed by atoms with Crippen LogP contribution in [-0.4, -0.2) is 19.4 Å². The van der Waals surface area contributed by atoms with E-state index in [2.05, 4.69) is 14.7 Å². The summed E-state index contributed by atoms with van der Waals surface area (Å²) < 4.78 is 18.3. The summed E-state index contributed by atoms with van der Waals surface area (Å²) in [5.41, 5.74) is 2.14. The van der Waals surface area contributed by atoms with Crippen molar-refractivity contribution in [3.8, 4) is 16.9 Å². The molecule has 0 N–H and O–H groups in total. The van der Waals surface area contributed by atoms with Crippen LogP contribution in [0.3, 0.4) is 0 Å². The van der Waals surface area contributed by atoms with E-state index in [1.807, 2.05) is 30.3 Å². The number of halogens is 1. The van der Waals surface area contributed by atoms with E-state index in [0.717, 1.165) is 11.1 Å². The van der Waals surface area contributed by atoms with Crippen molar-refractivity contribution in [1.82, 2.24) is 19.4 Å². The Bertz CT molecular complexity index is 633. The number of alkyl halides is 1. The molecular formula is C12H9FN4S. The quantitative estimate of drug-likeness (QED) is 0.727. The smallest absolute Gasteiger partial charge is 0.188 e. The highest BCUT2D eigenvalue weighted by molar-refractivity contribution is 7.03. The molecule has 18 heavy (non-hydrogen) atoms. The maximum absolute atomic E-state index is 13.0. The van der Waals surface area contributed by atoms with E-state index in [-0.39, 0.29) is 0 Å². The van der Waals surface area contributed by atoms with Crippen molar-refractivity contribution >= 4 is 11.5 Å². The van der Waals surface area contributed by atoms with Gasteiger partial charge in [-0.1, -0.05) is 34.8 Å². The Morgan fingerprint density at radius 1 is 1.22 bits per heavy atom. The molecule has 0 fully saturated rings. The second kappa shape index (κ2) is 4.66. The third kappa shape index (κ3) is 1.91. The molecule has 6 heteroatoms. The molecule has 0 spiro atoms. The summed E-state index contributed by atoms with van der Waals surface area (Å²) in [4.78, 5) is 0. The summed E-state index contributed by atoms with van der Waals surface area (Å²) in [6.07, 6.45) is 1.78. The zero-order valence-electron chi connectivity index (χ0n) is 9.32. The van der Waals surface area contributed by atoms with E-state index in [0.29, 0.717) is 11.5 Å². The minimum absolute atomic E-state index is 0.411. The normalized spacial score (nSPS) is 10.7. The summed E-state index contributed by atoms with van der Waals surface area (Å²) in [7, 11) is 0. The lowest BCUT2D eigenvalue weighted by atomic mass is 10.1. The van der Waals surface area contributed by atoms with E-state index in [9.17, 15) is 4.39 Å². The van der Waals surface area contributed by atoms with Crippen molar-refractivity contribution in [3.05, 3.63) is 47.6 Å². The van der Waals surface area contributed by atoms with Gasteiger partial charge in [-0.15, -0.1) is 5.10 Å². The van der Waals surface area contributed by atoms with Gasteiger partial charge in [0.2, 0.25) is 0 Å². The van der Waals surface area contributed by atoms with Crippen LogP contribution in [0.15, 0.2) is 41.9 Å². The Labute approximate surface area is 107 Å². The van der Waals surface area contributed by atoms with E-state index in [1.165, 1.54) is 11.5 Å². The Hall–Kier alpha value is -2.08. The molecule has 0 saturated heterocycles. The average Bonchev–Trinajstić information content (AvgIpc) is 3.08. The van der Waals surface area contributed by atoms with Crippen LogP contribution >= 0.6 is 11.5 Å². The van der Waals surface area contributed by atoms with E-state index in [1.54, 1.807) is 16.3 Å². The van der Waals surface area contributed by atoms with Crippen LogP contribution in [0.1, 0.15) is 5.69 Å². The lowest BCUT2D eigenvalue weighted by Gasteiger charge is -1.97. The van der Waals surface area contributed by atoms with Crippen LogP contribution in [0.2, 0.25) is 0 Å². The summed E-state index contributed by atoms with van der Waals surface area (Å²) in [5, 5.41) is 9.88. The standard InChI is InChI=1S/C12H9FN4S/c13-6-11-10(9-4-2-1-3-5-9)7-17(15-11)12-8-18-16-14-12/h1-5,7-8H,6H2. The number of nitrogens with zero attached hydrogens (tertiary/aromatic N) is 4. The largest absolute Gasteiger partial charge is 0.244 e. The van der Waals surface area contributed by atoms with Crippen molar-refractivity contribution in [2.24, 2.45) is 0 Å². The zero-order chi connectivity index (χ0) is 12.4. The molecule has 0 radical (unpaired) electrons. The van der Waals surface area contributed by atoms with Gasteiger partial charge in [-0.25, -0.2) is 9.07 Å². The summed E-state index contributed by atoms with van der Waals surface area (Å²) in [6.45, 7) is -0.602.